The van der Waals surface area contributed by atoms with Crippen LogP contribution in [0.25, 0.3) is 16.6 Å². The summed E-state index contributed by atoms with van der Waals surface area (Å²) >= 11 is 0. The lowest BCUT2D eigenvalue weighted by atomic mass is 9.94. The van der Waals surface area contributed by atoms with Crippen molar-refractivity contribution >= 4 is 33.9 Å². The summed E-state index contributed by atoms with van der Waals surface area (Å²) in [6.07, 6.45) is 9.66. The first kappa shape index (κ1) is 18.3. The van der Waals surface area contributed by atoms with Crippen LogP contribution in [0.4, 0.5) is 5.69 Å². The first-order valence-electron chi connectivity index (χ1n) is 9.80. The number of hydrogen-bond donors (Lipinski definition) is 1. The van der Waals surface area contributed by atoms with Gasteiger partial charge in [0.15, 0.2) is 5.65 Å². The van der Waals surface area contributed by atoms with E-state index in [0.717, 1.165) is 23.7 Å². The van der Waals surface area contributed by atoms with Gasteiger partial charge in [0.05, 0.1) is 30.4 Å². The van der Waals surface area contributed by atoms with Gasteiger partial charge in [-0.05, 0) is 25.0 Å². The van der Waals surface area contributed by atoms with Gasteiger partial charge in [0.25, 0.3) is 5.91 Å². The van der Waals surface area contributed by atoms with Crippen LogP contribution in [0.15, 0.2) is 43.0 Å². The first-order valence-corrected chi connectivity index (χ1v) is 9.80. The standard InChI is InChI=1S/C21H20N6O3/c1-30-19-10-17-13(12-27(25-17)14-3-5-15(28)6-4-14)9-16(19)21(29)24-18-11-23-26-8-2-7-22-20(18)26/h2,7-12,14H,3-6H2,1H3,(H,24,29). The van der Waals surface area contributed by atoms with Gasteiger partial charge in [-0.25, -0.2) is 9.50 Å². The Morgan fingerprint density at radius 2 is 2.10 bits per heavy atom. The molecule has 30 heavy (non-hydrogen) atoms. The third kappa shape index (κ3) is 3.18. The fraction of sp³-hybridized carbons (Fsp3) is 0.286. The number of fused-ring (bicyclic) bond motifs is 2. The molecular weight excluding hydrogens is 384 g/mol. The molecule has 1 aliphatic carbocycles. The Balaban J connectivity index is 1.47. The van der Waals surface area contributed by atoms with E-state index >= 15 is 0 Å². The molecule has 3 aromatic heterocycles. The molecule has 0 saturated heterocycles. The van der Waals surface area contributed by atoms with Crippen LogP contribution in [-0.4, -0.2) is 43.2 Å². The smallest absolute Gasteiger partial charge is 0.259 e. The molecule has 0 aliphatic heterocycles. The number of carbonyl (C=O) groups is 2. The summed E-state index contributed by atoms with van der Waals surface area (Å²) in [6.45, 7) is 0. The van der Waals surface area contributed by atoms with Crippen molar-refractivity contribution in [2.45, 2.75) is 31.7 Å². The minimum atomic E-state index is -0.315. The number of carbonyl (C=O) groups excluding carboxylic acids is 2. The number of nitrogens with zero attached hydrogens (tertiary/aromatic N) is 5. The largest absolute Gasteiger partial charge is 0.496 e. The van der Waals surface area contributed by atoms with Crippen LogP contribution in [0.1, 0.15) is 42.1 Å². The van der Waals surface area contributed by atoms with Crippen LogP contribution >= 0.6 is 0 Å². The molecule has 3 heterocycles. The Morgan fingerprint density at radius 1 is 1.27 bits per heavy atom. The Bertz CT molecular complexity index is 1260. The van der Waals surface area contributed by atoms with E-state index in [1.54, 1.807) is 41.3 Å². The number of methoxy groups -OCH3 is 1. The van der Waals surface area contributed by atoms with E-state index in [4.69, 9.17) is 4.74 Å². The molecule has 1 N–H and O–H groups in total. The quantitative estimate of drug-likeness (QED) is 0.561. The van der Waals surface area contributed by atoms with Crippen LogP contribution in [0.3, 0.4) is 0 Å². The van der Waals surface area contributed by atoms with Gasteiger partial charge in [0.1, 0.15) is 17.2 Å². The molecule has 5 rings (SSSR count). The molecule has 9 heteroatoms. The lowest BCUT2D eigenvalue weighted by Crippen LogP contribution is -2.18. The van der Waals surface area contributed by atoms with Gasteiger partial charge >= 0.3 is 0 Å². The van der Waals surface area contributed by atoms with Crippen LogP contribution in [-0.2, 0) is 4.79 Å². The highest BCUT2D eigenvalue weighted by Gasteiger charge is 2.22. The zero-order chi connectivity index (χ0) is 20.7. The van der Waals surface area contributed by atoms with E-state index in [-0.39, 0.29) is 11.9 Å². The SMILES string of the molecule is COc1cc2nn(C3CCC(=O)CC3)cc2cc1C(=O)Nc1cnn2cccnc12. The summed E-state index contributed by atoms with van der Waals surface area (Å²) in [4.78, 5) is 28.8. The lowest BCUT2D eigenvalue weighted by molar-refractivity contribution is -0.120. The second-order valence-corrected chi connectivity index (χ2v) is 7.39. The molecule has 1 aliphatic rings. The highest BCUT2D eigenvalue weighted by molar-refractivity contribution is 6.09. The van der Waals surface area contributed by atoms with Crippen molar-refractivity contribution < 1.29 is 14.3 Å². The number of anilines is 1. The van der Waals surface area contributed by atoms with E-state index in [9.17, 15) is 9.59 Å². The predicted octanol–water partition coefficient (Wildman–Crippen LogP) is 3.02. The molecule has 0 spiro atoms. The Kier molecular flexibility index (Phi) is 4.42. The molecule has 4 aromatic rings. The van der Waals surface area contributed by atoms with Crippen molar-refractivity contribution in [1.82, 2.24) is 24.4 Å². The summed E-state index contributed by atoms with van der Waals surface area (Å²) < 4.78 is 8.96. The van der Waals surface area contributed by atoms with Gasteiger partial charge in [0, 0.05) is 42.9 Å². The maximum atomic E-state index is 13.0. The Hall–Kier alpha value is -3.75. The second kappa shape index (κ2) is 7.25. The minimum Gasteiger partial charge on any atom is -0.496 e. The third-order valence-corrected chi connectivity index (χ3v) is 5.50. The number of benzene rings is 1. The zero-order valence-electron chi connectivity index (χ0n) is 16.4. The Labute approximate surface area is 171 Å². The van der Waals surface area contributed by atoms with Crippen molar-refractivity contribution in [3.63, 3.8) is 0 Å². The fourth-order valence-corrected chi connectivity index (χ4v) is 3.90. The van der Waals surface area contributed by atoms with Crippen LogP contribution < -0.4 is 10.1 Å². The number of ketones is 1. The number of ether oxygens (including phenoxy) is 1. The van der Waals surface area contributed by atoms with Crippen molar-refractivity contribution in [3.8, 4) is 5.75 Å². The minimum absolute atomic E-state index is 0.197. The lowest BCUT2D eigenvalue weighted by Gasteiger charge is -2.20. The molecule has 152 valence electrons. The number of nitrogens with one attached hydrogen (secondary N) is 1. The Morgan fingerprint density at radius 3 is 2.90 bits per heavy atom. The van der Waals surface area contributed by atoms with Crippen LogP contribution in [0.5, 0.6) is 5.75 Å². The molecule has 1 fully saturated rings. The normalized spacial score (nSPS) is 15.0. The molecule has 1 aromatic carbocycles. The van der Waals surface area contributed by atoms with Crippen molar-refractivity contribution in [1.29, 1.82) is 0 Å². The van der Waals surface area contributed by atoms with E-state index < -0.39 is 0 Å². The van der Waals surface area contributed by atoms with Gasteiger partial charge in [-0.15, -0.1) is 0 Å². The predicted molar refractivity (Wildman–Crippen MR) is 110 cm³/mol. The number of Topliss-reactive ketones (excluding diaryl/α,β-unsaturated/α-hetero) is 1. The van der Waals surface area contributed by atoms with Gasteiger partial charge < -0.3 is 10.1 Å². The second-order valence-electron chi connectivity index (χ2n) is 7.39. The summed E-state index contributed by atoms with van der Waals surface area (Å²) in [6, 6.07) is 5.51. The highest BCUT2D eigenvalue weighted by Crippen LogP contribution is 2.30. The molecule has 0 bridgehead atoms. The summed E-state index contributed by atoms with van der Waals surface area (Å²) in [5, 5.41) is 12.6. The van der Waals surface area contributed by atoms with Gasteiger partial charge in [-0.3, -0.25) is 14.3 Å². The van der Waals surface area contributed by atoms with Gasteiger partial charge in [0.2, 0.25) is 0 Å². The molecule has 0 atom stereocenters. The topological polar surface area (TPSA) is 103 Å². The molecule has 0 radical (unpaired) electrons. The number of amides is 1. The average Bonchev–Trinajstić information content (AvgIpc) is 3.37. The maximum Gasteiger partial charge on any atom is 0.259 e. The van der Waals surface area contributed by atoms with E-state index in [0.29, 0.717) is 41.3 Å². The van der Waals surface area contributed by atoms with Crippen molar-refractivity contribution in [3.05, 3.63) is 48.5 Å². The van der Waals surface area contributed by atoms with E-state index in [1.165, 1.54) is 7.11 Å². The molecular formula is C21H20N6O3. The van der Waals surface area contributed by atoms with Crippen LogP contribution in [0, 0.1) is 0 Å². The first-order chi connectivity index (χ1) is 14.6. The maximum absolute atomic E-state index is 13.0. The summed E-state index contributed by atoms with van der Waals surface area (Å²) in [7, 11) is 1.53. The van der Waals surface area contributed by atoms with Crippen molar-refractivity contribution in [2.75, 3.05) is 12.4 Å². The van der Waals surface area contributed by atoms with Gasteiger partial charge in [-0.1, -0.05) is 0 Å². The average molecular weight is 404 g/mol. The monoisotopic (exact) mass is 404 g/mol. The summed E-state index contributed by atoms with van der Waals surface area (Å²) in [5.41, 5.74) is 2.23. The highest BCUT2D eigenvalue weighted by atomic mass is 16.5. The van der Waals surface area contributed by atoms with E-state index in [1.807, 2.05) is 10.9 Å². The molecule has 9 nitrogen and oxygen atoms in total. The summed E-state index contributed by atoms with van der Waals surface area (Å²) in [5.74, 6) is 0.435. The molecule has 1 amide bonds. The zero-order valence-corrected chi connectivity index (χ0v) is 16.4. The van der Waals surface area contributed by atoms with Crippen LogP contribution in [0.2, 0.25) is 0 Å². The van der Waals surface area contributed by atoms with Gasteiger partial charge in [-0.2, -0.15) is 10.2 Å². The number of hydrogen-bond acceptors (Lipinski definition) is 6. The third-order valence-electron chi connectivity index (χ3n) is 5.50. The van der Waals surface area contributed by atoms with Crippen molar-refractivity contribution in [2.24, 2.45) is 0 Å². The molecule has 0 unspecified atom stereocenters. The number of rotatable bonds is 4. The molecule has 1 saturated carbocycles. The van der Waals surface area contributed by atoms with E-state index in [2.05, 4.69) is 20.5 Å². The fourth-order valence-electron chi connectivity index (χ4n) is 3.90. The number of aromatic nitrogens is 5.